The summed E-state index contributed by atoms with van der Waals surface area (Å²) in [5, 5.41) is 2.64. The highest BCUT2D eigenvalue weighted by Crippen LogP contribution is 2.20. The fourth-order valence-corrected chi connectivity index (χ4v) is 2.24. The van der Waals surface area contributed by atoms with Gasteiger partial charge in [0.15, 0.2) is 5.82 Å². The molecule has 0 aromatic carbocycles. The van der Waals surface area contributed by atoms with Crippen molar-refractivity contribution in [2.45, 2.75) is 6.42 Å². The molecule has 0 saturated carbocycles. The van der Waals surface area contributed by atoms with Crippen molar-refractivity contribution in [1.29, 1.82) is 0 Å². The molecule has 1 saturated heterocycles. The van der Waals surface area contributed by atoms with Gasteiger partial charge in [0.05, 0.1) is 5.69 Å². The maximum absolute atomic E-state index is 11.2. The molecule has 6 heteroatoms. The van der Waals surface area contributed by atoms with Gasteiger partial charge in [0.2, 0.25) is 5.91 Å². The van der Waals surface area contributed by atoms with Gasteiger partial charge < -0.3 is 16.0 Å². The van der Waals surface area contributed by atoms with E-state index in [9.17, 15) is 4.79 Å². The van der Waals surface area contributed by atoms with E-state index in [0.29, 0.717) is 6.42 Å². The lowest BCUT2D eigenvalue weighted by atomic mass is 10.2. The van der Waals surface area contributed by atoms with Gasteiger partial charge in [-0.15, -0.1) is 0 Å². The normalized spacial score (nSPS) is 16.4. The van der Waals surface area contributed by atoms with E-state index in [0.717, 1.165) is 44.2 Å². The van der Waals surface area contributed by atoms with Crippen LogP contribution in [0.4, 0.5) is 11.5 Å². The zero-order chi connectivity index (χ0) is 13.7. The number of carbonyl (C=O) groups excluding carboxylic acids is 1. The largest absolute Gasteiger partial charge is 0.396 e. The summed E-state index contributed by atoms with van der Waals surface area (Å²) >= 11 is 0. The van der Waals surface area contributed by atoms with Crippen molar-refractivity contribution in [3.05, 3.63) is 18.3 Å². The Bertz CT molecular complexity index is 429. The molecule has 0 radical (unpaired) electrons. The highest BCUT2D eigenvalue weighted by Gasteiger charge is 2.19. The van der Waals surface area contributed by atoms with Crippen LogP contribution in [0.1, 0.15) is 6.42 Å². The van der Waals surface area contributed by atoms with Crippen molar-refractivity contribution in [3.8, 4) is 0 Å². The molecular formula is C13H21N5O. The molecule has 1 amide bonds. The molecule has 0 spiro atoms. The highest BCUT2D eigenvalue weighted by molar-refractivity contribution is 5.75. The number of hydrogen-bond acceptors (Lipinski definition) is 5. The van der Waals surface area contributed by atoms with Crippen molar-refractivity contribution >= 4 is 17.4 Å². The molecule has 0 atom stereocenters. The summed E-state index contributed by atoms with van der Waals surface area (Å²) in [7, 11) is 1.67. The number of rotatable bonds is 4. The molecular weight excluding hydrogens is 242 g/mol. The predicted octanol–water partition coefficient (Wildman–Crippen LogP) is -0.0781. The van der Waals surface area contributed by atoms with Crippen molar-refractivity contribution < 1.29 is 4.79 Å². The molecule has 1 aromatic rings. The van der Waals surface area contributed by atoms with Gasteiger partial charge in [-0.2, -0.15) is 0 Å². The first-order chi connectivity index (χ1) is 9.20. The third-order valence-electron chi connectivity index (χ3n) is 3.42. The van der Waals surface area contributed by atoms with Crippen molar-refractivity contribution in [2.75, 3.05) is 50.4 Å². The van der Waals surface area contributed by atoms with Gasteiger partial charge in [0.25, 0.3) is 0 Å². The fourth-order valence-electron chi connectivity index (χ4n) is 2.24. The van der Waals surface area contributed by atoms with Crippen LogP contribution in [0, 0.1) is 0 Å². The Labute approximate surface area is 113 Å². The van der Waals surface area contributed by atoms with Gasteiger partial charge >= 0.3 is 0 Å². The standard InChI is InChI=1S/C13H21N5O/c1-15-12(19)4-6-17-7-9-18(10-8-17)13-11(14)3-2-5-16-13/h2-3,5H,4,6-10,14H2,1H3,(H,15,19). The Hall–Kier alpha value is -1.82. The van der Waals surface area contributed by atoms with E-state index in [1.54, 1.807) is 13.2 Å². The third-order valence-corrected chi connectivity index (χ3v) is 3.42. The Morgan fingerprint density at radius 1 is 1.42 bits per heavy atom. The first-order valence-corrected chi connectivity index (χ1v) is 6.59. The molecule has 1 aliphatic rings. The van der Waals surface area contributed by atoms with Crippen LogP contribution in [-0.4, -0.2) is 55.6 Å². The van der Waals surface area contributed by atoms with E-state index in [2.05, 4.69) is 20.1 Å². The summed E-state index contributed by atoms with van der Waals surface area (Å²) < 4.78 is 0. The van der Waals surface area contributed by atoms with E-state index in [4.69, 9.17) is 5.73 Å². The lowest BCUT2D eigenvalue weighted by Crippen LogP contribution is -2.47. The van der Waals surface area contributed by atoms with Crippen molar-refractivity contribution in [3.63, 3.8) is 0 Å². The average molecular weight is 263 g/mol. The lowest BCUT2D eigenvalue weighted by Gasteiger charge is -2.35. The minimum atomic E-state index is 0.0939. The number of nitrogen functional groups attached to an aromatic ring is 1. The molecule has 1 fully saturated rings. The zero-order valence-electron chi connectivity index (χ0n) is 11.3. The third kappa shape index (κ3) is 3.57. The number of piperazine rings is 1. The minimum absolute atomic E-state index is 0.0939. The molecule has 6 nitrogen and oxygen atoms in total. The van der Waals surface area contributed by atoms with Crippen LogP contribution < -0.4 is 16.0 Å². The molecule has 0 bridgehead atoms. The van der Waals surface area contributed by atoms with E-state index < -0.39 is 0 Å². The van der Waals surface area contributed by atoms with E-state index in [1.165, 1.54) is 0 Å². The van der Waals surface area contributed by atoms with E-state index >= 15 is 0 Å². The van der Waals surface area contributed by atoms with E-state index in [1.807, 2.05) is 12.1 Å². The van der Waals surface area contributed by atoms with Crippen molar-refractivity contribution in [1.82, 2.24) is 15.2 Å². The van der Waals surface area contributed by atoms with Crippen LogP contribution in [0.3, 0.4) is 0 Å². The molecule has 19 heavy (non-hydrogen) atoms. The number of nitrogens with one attached hydrogen (secondary N) is 1. The van der Waals surface area contributed by atoms with Crippen LogP contribution in [0.2, 0.25) is 0 Å². The second-order valence-corrected chi connectivity index (χ2v) is 4.67. The first-order valence-electron chi connectivity index (χ1n) is 6.59. The smallest absolute Gasteiger partial charge is 0.221 e. The molecule has 0 unspecified atom stereocenters. The summed E-state index contributed by atoms with van der Waals surface area (Å²) in [6.45, 7) is 4.48. The Balaban J connectivity index is 1.83. The van der Waals surface area contributed by atoms with Gasteiger partial charge in [-0.1, -0.05) is 0 Å². The average Bonchev–Trinajstić information content (AvgIpc) is 2.46. The molecule has 3 N–H and O–H groups in total. The Morgan fingerprint density at radius 3 is 2.79 bits per heavy atom. The van der Waals surface area contributed by atoms with Gasteiger partial charge in [0, 0.05) is 52.4 Å². The van der Waals surface area contributed by atoms with Crippen LogP contribution in [0.15, 0.2) is 18.3 Å². The topological polar surface area (TPSA) is 74.5 Å². The van der Waals surface area contributed by atoms with Crippen molar-refractivity contribution in [2.24, 2.45) is 0 Å². The van der Waals surface area contributed by atoms with Gasteiger partial charge in [-0.25, -0.2) is 4.98 Å². The summed E-state index contributed by atoms with van der Waals surface area (Å²) in [5.41, 5.74) is 6.66. The van der Waals surface area contributed by atoms with Crippen LogP contribution in [0.5, 0.6) is 0 Å². The molecule has 1 aliphatic heterocycles. The number of nitrogens with zero attached hydrogens (tertiary/aromatic N) is 3. The Morgan fingerprint density at radius 2 is 2.16 bits per heavy atom. The maximum Gasteiger partial charge on any atom is 0.221 e. The van der Waals surface area contributed by atoms with Gasteiger partial charge in [0.1, 0.15) is 0 Å². The second kappa shape index (κ2) is 6.38. The lowest BCUT2D eigenvalue weighted by molar-refractivity contribution is -0.120. The number of aromatic nitrogens is 1. The summed E-state index contributed by atoms with van der Waals surface area (Å²) in [5.74, 6) is 0.963. The number of hydrogen-bond donors (Lipinski definition) is 2. The fraction of sp³-hybridized carbons (Fsp3) is 0.538. The SMILES string of the molecule is CNC(=O)CCN1CCN(c2ncccc2N)CC1. The predicted molar refractivity (Wildman–Crippen MR) is 76.0 cm³/mol. The molecule has 0 aliphatic carbocycles. The Kier molecular flexibility index (Phi) is 4.57. The molecule has 1 aromatic heterocycles. The zero-order valence-corrected chi connectivity index (χ0v) is 11.3. The van der Waals surface area contributed by atoms with Crippen LogP contribution in [0.25, 0.3) is 0 Å². The quantitative estimate of drug-likeness (QED) is 0.795. The minimum Gasteiger partial charge on any atom is -0.396 e. The summed E-state index contributed by atoms with van der Waals surface area (Å²) in [6.07, 6.45) is 2.33. The van der Waals surface area contributed by atoms with Crippen LogP contribution in [-0.2, 0) is 4.79 Å². The number of anilines is 2. The maximum atomic E-state index is 11.2. The number of nitrogens with two attached hydrogens (primary N) is 1. The summed E-state index contributed by atoms with van der Waals surface area (Å²) in [6, 6.07) is 3.72. The second-order valence-electron chi connectivity index (χ2n) is 4.67. The molecule has 104 valence electrons. The highest BCUT2D eigenvalue weighted by atomic mass is 16.1. The first kappa shape index (κ1) is 13.6. The number of carbonyl (C=O) groups is 1. The van der Waals surface area contributed by atoms with Gasteiger partial charge in [-0.05, 0) is 12.1 Å². The molecule has 2 heterocycles. The monoisotopic (exact) mass is 263 g/mol. The van der Waals surface area contributed by atoms with Crippen LogP contribution >= 0.6 is 0 Å². The van der Waals surface area contributed by atoms with Gasteiger partial charge in [-0.3, -0.25) is 9.69 Å². The summed E-state index contributed by atoms with van der Waals surface area (Å²) in [4.78, 5) is 20.0. The number of pyridine rings is 1. The van der Waals surface area contributed by atoms with E-state index in [-0.39, 0.29) is 5.91 Å². The number of amides is 1. The molecule has 2 rings (SSSR count).